The maximum absolute atomic E-state index is 12.5. The smallest absolute Gasteiger partial charge is 0.277 e. The minimum Gasteiger partial charge on any atom is -0.304 e. The molecule has 154 valence electrons. The van der Waals surface area contributed by atoms with Gasteiger partial charge in [0.25, 0.3) is 5.91 Å². The summed E-state index contributed by atoms with van der Waals surface area (Å²) in [5.41, 5.74) is 3.02. The largest absolute Gasteiger partial charge is 0.304 e. The van der Waals surface area contributed by atoms with Crippen LogP contribution < -0.4 is 5.32 Å². The fourth-order valence-corrected chi connectivity index (χ4v) is 3.58. The normalized spacial score (nSPS) is 11.1. The first kappa shape index (κ1) is 20.2. The molecule has 1 amide bonds. The van der Waals surface area contributed by atoms with Crippen molar-refractivity contribution in [3.05, 3.63) is 81.5 Å². The van der Waals surface area contributed by atoms with E-state index in [1.165, 1.54) is 0 Å². The van der Waals surface area contributed by atoms with E-state index in [0.29, 0.717) is 34.8 Å². The van der Waals surface area contributed by atoms with Crippen LogP contribution in [0.3, 0.4) is 0 Å². The lowest BCUT2D eigenvalue weighted by atomic mass is 10.2. The number of carbonyl (C=O) groups excluding carboxylic acids is 1. The predicted octanol–water partition coefficient (Wildman–Crippen LogP) is 4.01. The minimum absolute atomic E-state index is 0.292. The maximum Gasteiger partial charge on any atom is 0.277 e. The van der Waals surface area contributed by atoms with Gasteiger partial charge in [0.2, 0.25) is 0 Å². The zero-order chi connectivity index (χ0) is 21.3. The van der Waals surface area contributed by atoms with Crippen LogP contribution in [0.2, 0.25) is 10.0 Å². The molecule has 1 N–H and O–H groups in total. The van der Waals surface area contributed by atoms with Gasteiger partial charge in [-0.1, -0.05) is 29.3 Å². The maximum atomic E-state index is 12.5. The fourth-order valence-electron chi connectivity index (χ4n) is 3.06. The quantitative estimate of drug-likeness (QED) is 0.487. The van der Waals surface area contributed by atoms with Crippen LogP contribution in [-0.4, -0.2) is 35.2 Å². The lowest BCUT2D eigenvalue weighted by molar-refractivity contribution is 0.102. The molecule has 3 aromatic heterocycles. The molecular formula is C20H19Cl2N7O. The topological polar surface area (TPSA) is 82.6 Å². The molecule has 0 atom stereocenters. The van der Waals surface area contributed by atoms with E-state index in [1.807, 2.05) is 24.6 Å². The Balaban J connectivity index is 1.41. The number of nitrogens with zero attached hydrogens (tertiary/aromatic N) is 6. The Morgan fingerprint density at radius 2 is 1.73 bits per heavy atom. The highest BCUT2D eigenvalue weighted by Gasteiger charge is 2.13. The third kappa shape index (κ3) is 4.39. The first-order valence-electron chi connectivity index (χ1n) is 9.21. The molecule has 0 aliphatic carbocycles. The highest BCUT2D eigenvalue weighted by atomic mass is 35.5. The van der Waals surface area contributed by atoms with Gasteiger partial charge >= 0.3 is 0 Å². The molecule has 8 nitrogen and oxygen atoms in total. The monoisotopic (exact) mass is 443 g/mol. The van der Waals surface area contributed by atoms with E-state index in [4.69, 9.17) is 23.2 Å². The van der Waals surface area contributed by atoms with Gasteiger partial charge < -0.3 is 5.32 Å². The summed E-state index contributed by atoms with van der Waals surface area (Å²) in [5.74, 6) is 0.0689. The second kappa shape index (κ2) is 8.33. The fraction of sp³-hybridized carbons (Fsp3) is 0.200. The number of anilines is 1. The van der Waals surface area contributed by atoms with Gasteiger partial charge in [0, 0.05) is 39.8 Å². The van der Waals surface area contributed by atoms with Crippen LogP contribution in [0.4, 0.5) is 5.82 Å². The third-order valence-electron chi connectivity index (χ3n) is 4.52. The van der Waals surface area contributed by atoms with Crippen LogP contribution in [0.25, 0.3) is 0 Å². The van der Waals surface area contributed by atoms with Gasteiger partial charge in [0.1, 0.15) is 6.67 Å². The van der Waals surface area contributed by atoms with Gasteiger partial charge in [-0.3, -0.25) is 14.2 Å². The highest BCUT2D eigenvalue weighted by molar-refractivity contribution is 6.35. The number of halogens is 2. The summed E-state index contributed by atoms with van der Waals surface area (Å²) in [6.07, 6.45) is 3.49. The van der Waals surface area contributed by atoms with Crippen molar-refractivity contribution in [2.24, 2.45) is 0 Å². The van der Waals surface area contributed by atoms with E-state index in [0.717, 1.165) is 17.0 Å². The minimum atomic E-state index is -0.344. The number of benzene rings is 1. The number of carbonyl (C=O) groups is 1. The Hall–Kier alpha value is -3.10. The molecule has 0 spiro atoms. The van der Waals surface area contributed by atoms with Crippen molar-refractivity contribution >= 4 is 34.9 Å². The van der Waals surface area contributed by atoms with E-state index in [-0.39, 0.29) is 5.91 Å². The van der Waals surface area contributed by atoms with Crippen molar-refractivity contribution in [2.75, 3.05) is 5.32 Å². The number of amides is 1. The Morgan fingerprint density at radius 1 is 1.00 bits per heavy atom. The lowest BCUT2D eigenvalue weighted by Crippen LogP contribution is -2.16. The summed E-state index contributed by atoms with van der Waals surface area (Å²) >= 11 is 12.4. The molecule has 10 heteroatoms. The predicted molar refractivity (Wildman–Crippen MR) is 115 cm³/mol. The summed E-state index contributed by atoms with van der Waals surface area (Å²) in [4.78, 5) is 12.5. The first-order valence-corrected chi connectivity index (χ1v) is 9.97. The Bertz CT molecular complexity index is 1190. The van der Waals surface area contributed by atoms with Crippen molar-refractivity contribution in [2.45, 2.75) is 27.1 Å². The van der Waals surface area contributed by atoms with Crippen LogP contribution in [0, 0.1) is 13.8 Å². The summed E-state index contributed by atoms with van der Waals surface area (Å²) in [7, 11) is 0. The standard InChI is InChI=1S/C20H19Cl2N7O/c1-13-10-14(2)29(24-13)12-28-8-6-18(25-28)20(30)23-19-7-9-27(26-19)11-15-16(21)4-3-5-17(15)22/h3-10H,11-12H2,1-2H3,(H,23,26,30). The molecule has 0 aliphatic rings. The van der Waals surface area contributed by atoms with E-state index < -0.39 is 0 Å². The lowest BCUT2D eigenvalue weighted by Gasteiger charge is -2.07. The van der Waals surface area contributed by atoms with E-state index in [9.17, 15) is 4.79 Å². The second-order valence-corrected chi connectivity index (χ2v) is 7.68. The van der Waals surface area contributed by atoms with Crippen molar-refractivity contribution in [3.8, 4) is 0 Å². The van der Waals surface area contributed by atoms with Crippen molar-refractivity contribution in [1.82, 2.24) is 29.3 Å². The molecule has 4 aromatic rings. The van der Waals surface area contributed by atoms with Crippen LogP contribution in [0.1, 0.15) is 27.4 Å². The van der Waals surface area contributed by atoms with Crippen LogP contribution in [0.5, 0.6) is 0 Å². The number of nitrogens with one attached hydrogen (secondary N) is 1. The molecule has 0 radical (unpaired) electrons. The van der Waals surface area contributed by atoms with Gasteiger partial charge in [-0.25, -0.2) is 4.68 Å². The summed E-state index contributed by atoms with van der Waals surface area (Å²) in [6.45, 7) is 4.74. The molecule has 0 saturated heterocycles. The molecule has 3 heterocycles. The molecule has 4 rings (SSSR count). The SMILES string of the molecule is Cc1cc(C)n(Cn2ccc(C(=O)Nc3ccn(Cc4c(Cl)cccc4Cl)n3)n2)n1. The average Bonchev–Trinajstić information content (AvgIpc) is 3.40. The molecule has 0 bridgehead atoms. The number of rotatable bonds is 6. The number of hydrogen-bond acceptors (Lipinski definition) is 4. The molecule has 0 aliphatic heterocycles. The van der Waals surface area contributed by atoms with Gasteiger partial charge in [-0.05, 0) is 38.1 Å². The van der Waals surface area contributed by atoms with Crippen LogP contribution >= 0.6 is 23.2 Å². The second-order valence-electron chi connectivity index (χ2n) is 6.86. The Morgan fingerprint density at radius 3 is 2.43 bits per heavy atom. The average molecular weight is 444 g/mol. The zero-order valence-corrected chi connectivity index (χ0v) is 17.9. The van der Waals surface area contributed by atoms with Crippen molar-refractivity contribution in [1.29, 1.82) is 0 Å². The summed E-state index contributed by atoms with van der Waals surface area (Å²) in [6, 6.07) is 10.7. The molecule has 1 aromatic carbocycles. The van der Waals surface area contributed by atoms with Gasteiger partial charge in [-0.2, -0.15) is 15.3 Å². The first-order chi connectivity index (χ1) is 14.4. The highest BCUT2D eigenvalue weighted by Crippen LogP contribution is 2.25. The molecular weight excluding hydrogens is 425 g/mol. The Kier molecular flexibility index (Phi) is 5.61. The third-order valence-corrected chi connectivity index (χ3v) is 5.23. The van der Waals surface area contributed by atoms with E-state index in [2.05, 4.69) is 20.6 Å². The molecule has 0 saturated carbocycles. The zero-order valence-electron chi connectivity index (χ0n) is 16.4. The van der Waals surface area contributed by atoms with Gasteiger partial charge in [0.05, 0.1) is 12.2 Å². The Labute approximate surface area is 183 Å². The molecule has 30 heavy (non-hydrogen) atoms. The molecule has 0 unspecified atom stereocenters. The summed E-state index contributed by atoms with van der Waals surface area (Å²) in [5, 5.41) is 17.0. The van der Waals surface area contributed by atoms with Gasteiger partial charge in [0.15, 0.2) is 11.5 Å². The number of aryl methyl sites for hydroxylation is 2. The summed E-state index contributed by atoms with van der Waals surface area (Å²) < 4.78 is 5.14. The van der Waals surface area contributed by atoms with Crippen molar-refractivity contribution in [3.63, 3.8) is 0 Å². The number of aromatic nitrogens is 6. The molecule has 0 fully saturated rings. The van der Waals surface area contributed by atoms with Crippen LogP contribution in [0.15, 0.2) is 48.8 Å². The van der Waals surface area contributed by atoms with E-state index in [1.54, 1.807) is 52.1 Å². The van der Waals surface area contributed by atoms with Crippen molar-refractivity contribution < 1.29 is 4.79 Å². The van der Waals surface area contributed by atoms with E-state index >= 15 is 0 Å². The van der Waals surface area contributed by atoms with Gasteiger partial charge in [-0.15, -0.1) is 0 Å². The van der Waals surface area contributed by atoms with Crippen LogP contribution in [-0.2, 0) is 13.2 Å². The number of hydrogen-bond donors (Lipinski definition) is 1.